The van der Waals surface area contributed by atoms with E-state index in [2.05, 4.69) is 10.1 Å². The predicted octanol–water partition coefficient (Wildman–Crippen LogP) is 0.157. The first-order valence-electron chi connectivity index (χ1n) is 3.41. The largest absolute Gasteiger partial charge is 0.469 e. The fourth-order valence-corrected chi connectivity index (χ4v) is 1.13. The van der Waals surface area contributed by atoms with E-state index < -0.39 is 0 Å². The van der Waals surface area contributed by atoms with E-state index in [0.717, 1.165) is 6.54 Å². The van der Waals surface area contributed by atoms with Crippen molar-refractivity contribution in [3.8, 4) is 0 Å². The van der Waals surface area contributed by atoms with Crippen molar-refractivity contribution in [2.24, 2.45) is 5.92 Å². The first kappa shape index (κ1) is 7.54. The SMILES string of the molecule is COC(=O)C1CNC1(C)C. The summed E-state index contributed by atoms with van der Waals surface area (Å²) in [5.74, 6) is -0.0683. The number of hydrogen-bond donors (Lipinski definition) is 1. The Bertz CT molecular complexity index is 154. The van der Waals surface area contributed by atoms with Crippen LogP contribution < -0.4 is 5.32 Å². The highest BCUT2D eigenvalue weighted by Gasteiger charge is 2.43. The molecule has 3 nitrogen and oxygen atoms in total. The maximum absolute atomic E-state index is 10.9. The molecular formula is C7H13NO2. The molecule has 0 aromatic heterocycles. The monoisotopic (exact) mass is 143 g/mol. The van der Waals surface area contributed by atoms with E-state index in [0.29, 0.717) is 0 Å². The molecule has 0 amide bonds. The molecule has 10 heavy (non-hydrogen) atoms. The molecule has 1 aliphatic heterocycles. The summed E-state index contributed by atoms with van der Waals surface area (Å²) in [7, 11) is 1.43. The Morgan fingerprint density at radius 3 is 2.40 bits per heavy atom. The summed E-state index contributed by atoms with van der Waals surface area (Å²) in [6.45, 7) is 4.75. The zero-order chi connectivity index (χ0) is 7.78. The minimum atomic E-state index is -0.108. The number of ether oxygens (including phenoxy) is 1. The summed E-state index contributed by atoms with van der Waals surface area (Å²) >= 11 is 0. The third-order valence-corrected chi connectivity index (χ3v) is 2.12. The molecule has 3 heteroatoms. The lowest BCUT2D eigenvalue weighted by Crippen LogP contribution is -2.64. The van der Waals surface area contributed by atoms with Crippen molar-refractivity contribution < 1.29 is 9.53 Å². The van der Waals surface area contributed by atoms with Gasteiger partial charge in [-0.2, -0.15) is 0 Å². The van der Waals surface area contributed by atoms with Crippen molar-refractivity contribution in [2.75, 3.05) is 13.7 Å². The van der Waals surface area contributed by atoms with Crippen LogP contribution in [-0.2, 0) is 9.53 Å². The Balaban J connectivity index is 2.51. The fraction of sp³-hybridized carbons (Fsp3) is 0.857. The topological polar surface area (TPSA) is 38.3 Å². The van der Waals surface area contributed by atoms with Crippen LogP contribution in [0.1, 0.15) is 13.8 Å². The minimum absolute atomic E-state index is 0.0394. The van der Waals surface area contributed by atoms with E-state index in [4.69, 9.17) is 0 Å². The molecule has 1 atom stereocenters. The number of nitrogens with one attached hydrogen (secondary N) is 1. The van der Waals surface area contributed by atoms with Crippen molar-refractivity contribution in [1.82, 2.24) is 5.32 Å². The zero-order valence-corrected chi connectivity index (χ0v) is 6.60. The molecule has 1 rings (SSSR count). The molecule has 0 bridgehead atoms. The number of rotatable bonds is 1. The van der Waals surface area contributed by atoms with Crippen molar-refractivity contribution >= 4 is 5.97 Å². The van der Waals surface area contributed by atoms with Crippen LogP contribution in [0.2, 0.25) is 0 Å². The Morgan fingerprint density at radius 1 is 1.70 bits per heavy atom. The Labute approximate surface area is 60.7 Å². The van der Waals surface area contributed by atoms with Gasteiger partial charge in [-0.05, 0) is 13.8 Å². The van der Waals surface area contributed by atoms with E-state index in [-0.39, 0.29) is 17.4 Å². The van der Waals surface area contributed by atoms with Crippen molar-refractivity contribution in [2.45, 2.75) is 19.4 Å². The standard InChI is InChI=1S/C7H13NO2/c1-7(2)5(4-8-7)6(9)10-3/h5,8H,4H2,1-3H3. The molecule has 58 valence electrons. The second kappa shape index (κ2) is 2.23. The van der Waals surface area contributed by atoms with Gasteiger partial charge in [0.2, 0.25) is 0 Å². The summed E-state index contributed by atoms with van der Waals surface area (Å²) in [6, 6.07) is 0. The molecule has 1 heterocycles. The Morgan fingerprint density at radius 2 is 2.30 bits per heavy atom. The van der Waals surface area contributed by atoms with Gasteiger partial charge in [0.05, 0.1) is 13.0 Å². The van der Waals surface area contributed by atoms with Crippen LogP contribution in [0.4, 0.5) is 0 Å². The number of carbonyl (C=O) groups is 1. The molecule has 1 N–H and O–H groups in total. The lowest BCUT2D eigenvalue weighted by molar-refractivity contribution is -0.151. The number of hydrogen-bond acceptors (Lipinski definition) is 3. The minimum Gasteiger partial charge on any atom is -0.469 e. The van der Waals surface area contributed by atoms with E-state index in [1.807, 2.05) is 13.8 Å². The normalized spacial score (nSPS) is 28.9. The van der Waals surface area contributed by atoms with Crippen LogP contribution in [0.25, 0.3) is 0 Å². The highest BCUT2D eigenvalue weighted by Crippen LogP contribution is 2.25. The smallest absolute Gasteiger partial charge is 0.311 e. The maximum atomic E-state index is 10.9. The van der Waals surface area contributed by atoms with Gasteiger partial charge in [0, 0.05) is 12.1 Å². The number of carbonyl (C=O) groups excluding carboxylic acids is 1. The predicted molar refractivity (Wildman–Crippen MR) is 37.6 cm³/mol. The van der Waals surface area contributed by atoms with Gasteiger partial charge in [-0.1, -0.05) is 0 Å². The van der Waals surface area contributed by atoms with Gasteiger partial charge < -0.3 is 10.1 Å². The van der Waals surface area contributed by atoms with Gasteiger partial charge in [-0.15, -0.1) is 0 Å². The summed E-state index contributed by atoms with van der Waals surface area (Å²) in [4.78, 5) is 10.9. The summed E-state index contributed by atoms with van der Waals surface area (Å²) in [6.07, 6.45) is 0. The zero-order valence-electron chi connectivity index (χ0n) is 6.60. The molecule has 0 aromatic carbocycles. The Hall–Kier alpha value is -0.570. The van der Waals surface area contributed by atoms with E-state index in [1.54, 1.807) is 0 Å². The maximum Gasteiger partial charge on any atom is 0.311 e. The summed E-state index contributed by atoms with van der Waals surface area (Å²) in [5.41, 5.74) is -0.0624. The average molecular weight is 143 g/mol. The molecule has 1 unspecified atom stereocenters. The van der Waals surface area contributed by atoms with Crippen LogP contribution in [0.3, 0.4) is 0 Å². The number of esters is 1. The van der Waals surface area contributed by atoms with Crippen molar-refractivity contribution in [3.05, 3.63) is 0 Å². The second-order valence-electron chi connectivity index (χ2n) is 3.18. The van der Waals surface area contributed by atoms with Gasteiger partial charge >= 0.3 is 5.97 Å². The highest BCUT2D eigenvalue weighted by atomic mass is 16.5. The van der Waals surface area contributed by atoms with Crippen molar-refractivity contribution in [1.29, 1.82) is 0 Å². The van der Waals surface area contributed by atoms with E-state index in [9.17, 15) is 4.79 Å². The Kier molecular flexibility index (Phi) is 1.68. The van der Waals surface area contributed by atoms with Gasteiger partial charge in [-0.25, -0.2) is 0 Å². The van der Waals surface area contributed by atoms with Crippen LogP contribution >= 0.6 is 0 Å². The molecule has 0 saturated carbocycles. The van der Waals surface area contributed by atoms with Crippen LogP contribution in [0, 0.1) is 5.92 Å². The second-order valence-corrected chi connectivity index (χ2v) is 3.18. The first-order chi connectivity index (χ1) is 4.58. The van der Waals surface area contributed by atoms with Gasteiger partial charge in [0.15, 0.2) is 0 Å². The molecular weight excluding hydrogens is 130 g/mol. The summed E-state index contributed by atoms with van der Waals surface area (Å²) in [5, 5.41) is 3.15. The molecule has 0 spiro atoms. The van der Waals surface area contributed by atoms with Crippen molar-refractivity contribution in [3.63, 3.8) is 0 Å². The molecule has 0 aliphatic carbocycles. The van der Waals surface area contributed by atoms with Gasteiger partial charge in [0.1, 0.15) is 0 Å². The average Bonchev–Trinajstić information content (AvgIpc) is 1.86. The lowest BCUT2D eigenvalue weighted by atomic mass is 9.80. The molecule has 1 aliphatic rings. The molecule has 1 saturated heterocycles. The van der Waals surface area contributed by atoms with Crippen LogP contribution in [0.15, 0.2) is 0 Å². The third kappa shape index (κ3) is 1.01. The first-order valence-corrected chi connectivity index (χ1v) is 3.41. The van der Waals surface area contributed by atoms with Gasteiger partial charge in [-0.3, -0.25) is 4.79 Å². The van der Waals surface area contributed by atoms with Crippen LogP contribution in [-0.4, -0.2) is 25.2 Å². The molecule has 1 fully saturated rings. The van der Waals surface area contributed by atoms with E-state index in [1.165, 1.54) is 7.11 Å². The molecule has 0 radical (unpaired) electrons. The summed E-state index contributed by atoms with van der Waals surface area (Å²) < 4.78 is 4.61. The van der Waals surface area contributed by atoms with E-state index >= 15 is 0 Å². The fourth-order valence-electron chi connectivity index (χ4n) is 1.13. The lowest BCUT2D eigenvalue weighted by Gasteiger charge is -2.43. The van der Waals surface area contributed by atoms with Gasteiger partial charge in [0.25, 0.3) is 0 Å². The molecule has 0 aromatic rings. The number of methoxy groups -OCH3 is 1. The highest BCUT2D eigenvalue weighted by molar-refractivity contribution is 5.75. The third-order valence-electron chi connectivity index (χ3n) is 2.12. The quantitative estimate of drug-likeness (QED) is 0.531. The van der Waals surface area contributed by atoms with Crippen LogP contribution in [0.5, 0.6) is 0 Å².